The third kappa shape index (κ3) is 2.58. The highest BCUT2D eigenvalue weighted by Gasteiger charge is 2.25. The number of benzene rings is 1. The van der Waals surface area contributed by atoms with E-state index in [9.17, 15) is 0 Å². The van der Waals surface area contributed by atoms with Crippen LogP contribution in [0.2, 0.25) is 0 Å². The fourth-order valence-corrected chi connectivity index (χ4v) is 2.63. The van der Waals surface area contributed by atoms with Crippen molar-refractivity contribution in [1.29, 1.82) is 0 Å². The fraction of sp³-hybridized carbons (Fsp3) is 0.538. The zero-order chi connectivity index (χ0) is 11.7. The van der Waals surface area contributed by atoms with Crippen LogP contribution in [0.25, 0.3) is 0 Å². The molecule has 16 heavy (non-hydrogen) atoms. The monoisotopic (exact) mass is 282 g/mol. The quantitative estimate of drug-likeness (QED) is 0.896. The third-order valence-corrected chi connectivity index (χ3v) is 3.94. The number of aryl methyl sites for hydroxylation is 1. The summed E-state index contributed by atoms with van der Waals surface area (Å²) in [5, 5.41) is 3.64. The molecule has 3 heteroatoms. The Morgan fingerprint density at radius 2 is 2.19 bits per heavy atom. The summed E-state index contributed by atoms with van der Waals surface area (Å²) in [7, 11) is 2.19. The maximum Gasteiger partial charge on any atom is 0.0403 e. The second-order valence-electron chi connectivity index (χ2n) is 4.82. The van der Waals surface area contributed by atoms with Gasteiger partial charge >= 0.3 is 0 Å². The van der Waals surface area contributed by atoms with Gasteiger partial charge in [-0.2, -0.15) is 0 Å². The minimum Gasteiger partial charge on any atom is -0.381 e. The minimum absolute atomic E-state index is 0.577. The molecule has 0 bridgehead atoms. The van der Waals surface area contributed by atoms with Gasteiger partial charge in [-0.25, -0.2) is 0 Å². The van der Waals surface area contributed by atoms with Crippen LogP contribution in [0.4, 0.5) is 5.69 Å². The van der Waals surface area contributed by atoms with Crippen molar-refractivity contribution in [2.45, 2.75) is 32.4 Å². The van der Waals surface area contributed by atoms with Gasteiger partial charge in [-0.15, -0.1) is 0 Å². The Morgan fingerprint density at radius 1 is 1.44 bits per heavy atom. The summed E-state index contributed by atoms with van der Waals surface area (Å²) in [4.78, 5) is 2.41. The first-order chi connectivity index (χ1) is 7.56. The molecule has 0 spiro atoms. The molecular weight excluding hydrogens is 264 g/mol. The van der Waals surface area contributed by atoms with Crippen molar-refractivity contribution in [3.05, 3.63) is 28.2 Å². The van der Waals surface area contributed by atoms with E-state index in [2.05, 4.69) is 65.2 Å². The van der Waals surface area contributed by atoms with Crippen LogP contribution >= 0.6 is 15.9 Å². The molecule has 2 nitrogen and oxygen atoms in total. The van der Waals surface area contributed by atoms with Gasteiger partial charge in [0.15, 0.2) is 0 Å². The molecule has 1 fully saturated rings. The van der Waals surface area contributed by atoms with E-state index in [1.54, 1.807) is 0 Å². The average molecular weight is 283 g/mol. The Labute approximate surface area is 106 Å². The van der Waals surface area contributed by atoms with Crippen molar-refractivity contribution in [2.24, 2.45) is 0 Å². The molecular formula is C13H19BrN2. The lowest BCUT2D eigenvalue weighted by atomic mass is 10.1. The first-order valence-corrected chi connectivity index (χ1v) is 6.58. The van der Waals surface area contributed by atoms with Crippen LogP contribution < -0.4 is 5.32 Å². The molecule has 1 aromatic carbocycles. The van der Waals surface area contributed by atoms with E-state index < -0.39 is 0 Å². The Hall–Kier alpha value is -0.540. The molecule has 0 amide bonds. The van der Waals surface area contributed by atoms with Gasteiger partial charge in [0.05, 0.1) is 0 Å². The summed E-state index contributed by atoms with van der Waals surface area (Å²) in [6.45, 7) is 5.57. The topological polar surface area (TPSA) is 15.3 Å². The van der Waals surface area contributed by atoms with Crippen LogP contribution in [-0.4, -0.2) is 30.6 Å². The summed E-state index contributed by atoms with van der Waals surface area (Å²) in [6, 6.07) is 7.66. The van der Waals surface area contributed by atoms with Crippen molar-refractivity contribution in [3.63, 3.8) is 0 Å². The van der Waals surface area contributed by atoms with Crippen molar-refractivity contribution in [1.82, 2.24) is 4.90 Å². The largest absolute Gasteiger partial charge is 0.381 e. The van der Waals surface area contributed by atoms with E-state index in [4.69, 9.17) is 0 Å². The molecule has 1 aromatic rings. The Kier molecular flexibility index (Phi) is 3.55. The third-order valence-electron chi connectivity index (χ3n) is 3.45. The summed E-state index contributed by atoms with van der Waals surface area (Å²) in [5.41, 5.74) is 2.56. The highest BCUT2D eigenvalue weighted by atomic mass is 79.9. The number of hydrogen-bond acceptors (Lipinski definition) is 2. The van der Waals surface area contributed by atoms with Crippen LogP contribution in [0.1, 0.15) is 18.9 Å². The molecule has 1 aliphatic rings. The SMILES string of the molecule is Cc1ccc(Br)cc1NC1CC(C)N(C)C1. The van der Waals surface area contributed by atoms with E-state index in [0.717, 1.165) is 11.0 Å². The van der Waals surface area contributed by atoms with Gasteiger partial charge in [-0.3, -0.25) is 0 Å². The number of halogens is 1. The first kappa shape index (κ1) is 11.9. The molecule has 1 aliphatic heterocycles. The lowest BCUT2D eigenvalue weighted by Gasteiger charge is -2.16. The summed E-state index contributed by atoms with van der Waals surface area (Å²) >= 11 is 3.52. The van der Waals surface area contributed by atoms with Crippen molar-refractivity contribution >= 4 is 21.6 Å². The Balaban J connectivity index is 2.07. The number of hydrogen-bond donors (Lipinski definition) is 1. The molecule has 0 saturated carbocycles. The number of anilines is 1. The molecule has 1 saturated heterocycles. The van der Waals surface area contributed by atoms with Crippen molar-refractivity contribution in [2.75, 3.05) is 18.9 Å². The predicted octanol–water partition coefficient (Wildman–Crippen LogP) is 3.26. The second kappa shape index (κ2) is 4.76. The van der Waals surface area contributed by atoms with Crippen LogP contribution in [0.5, 0.6) is 0 Å². The van der Waals surface area contributed by atoms with Gasteiger partial charge in [0.25, 0.3) is 0 Å². The average Bonchev–Trinajstić information content (AvgIpc) is 2.52. The highest BCUT2D eigenvalue weighted by Crippen LogP contribution is 2.24. The predicted molar refractivity (Wildman–Crippen MR) is 73.0 cm³/mol. The van der Waals surface area contributed by atoms with E-state index in [0.29, 0.717) is 12.1 Å². The van der Waals surface area contributed by atoms with Gasteiger partial charge < -0.3 is 10.2 Å². The zero-order valence-corrected chi connectivity index (χ0v) is 11.7. The smallest absolute Gasteiger partial charge is 0.0403 e. The lowest BCUT2D eigenvalue weighted by molar-refractivity contribution is 0.330. The molecule has 0 aromatic heterocycles. The number of nitrogens with one attached hydrogen (secondary N) is 1. The van der Waals surface area contributed by atoms with Crippen LogP contribution in [0.15, 0.2) is 22.7 Å². The fourth-order valence-electron chi connectivity index (χ4n) is 2.27. The minimum atomic E-state index is 0.577. The van der Waals surface area contributed by atoms with Crippen LogP contribution in [-0.2, 0) is 0 Å². The van der Waals surface area contributed by atoms with Crippen LogP contribution in [0.3, 0.4) is 0 Å². The first-order valence-electron chi connectivity index (χ1n) is 5.79. The normalized spacial score (nSPS) is 26.0. The standard InChI is InChI=1S/C13H19BrN2/c1-9-4-5-11(14)7-13(9)15-12-6-10(2)16(3)8-12/h4-5,7,10,12,15H,6,8H2,1-3H3. The summed E-state index contributed by atoms with van der Waals surface area (Å²) in [6.07, 6.45) is 1.22. The number of likely N-dealkylation sites (N-methyl/N-ethyl adjacent to an activating group) is 1. The van der Waals surface area contributed by atoms with Crippen LogP contribution in [0, 0.1) is 6.92 Å². The molecule has 1 heterocycles. The van der Waals surface area contributed by atoms with Gasteiger partial charge in [0, 0.05) is 28.8 Å². The van der Waals surface area contributed by atoms with Crippen molar-refractivity contribution < 1.29 is 0 Å². The molecule has 2 atom stereocenters. The summed E-state index contributed by atoms with van der Waals surface area (Å²) < 4.78 is 1.14. The van der Waals surface area contributed by atoms with Gasteiger partial charge in [-0.05, 0) is 45.0 Å². The Morgan fingerprint density at radius 3 is 2.81 bits per heavy atom. The second-order valence-corrected chi connectivity index (χ2v) is 5.74. The molecule has 2 unspecified atom stereocenters. The number of rotatable bonds is 2. The summed E-state index contributed by atoms with van der Waals surface area (Å²) in [5.74, 6) is 0. The van der Waals surface area contributed by atoms with Gasteiger partial charge in [-0.1, -0.05) is 22.0 Å². The molecule has 2 rings (SSSR count). The number of likely N-dealkylation sites (tertiary alicyclic amines) is 1. The van der Waals surface area contributed by atoms with E-state index in [1.807, 2.05) is 0 Å². The molecule has 1 N–H and O–H groups in total. The maximum absolute atomic E-state index is 3.64. The van der Waals surface area contributed by atoms with Crippen molar-refractivity contribution in [3.8, 4) is 0 Å². The Bertz CT molecular complexity index is 368. The van der Waals surface area contributed by atoms with E-state index in [-0.39, 0.29) is 0 Å². The van der Waals surface area contributed by atoms with Gasteiger partial charge in [0.1, 0.15) is 0 Å². The zero-order valence-electron chi connectivity index (χ0n) is 10.1. The maximum atomic E-state index is 3.64. The lowest BCUT2D eigenvalue weighted by Crippen LogP contribution is -2.25. The van der Waals surface area contributed by atoms with E-state index >= 15 is 0 Å². The van der Waals surface area contributed by atoms with Gasteiger partial charge in [0.2, 0.25) is 0 Å². The molecule has 0 radical (unpaired) electrons. The molecule has 0 aliphatic carbocycles. The van der Waals surface area contributed by atoms with E-state index in [1.165, 1.54) is 17.7 Å². The highest BCUT2D eigenvalue weighted by molar-refractivity contribution is 9.10. The number of nitrogens with zero attached hydrogens (tertiary/aromatic N) is 1. The molecule has 88 valence electrons.